The van der Waals surface area contributed by atoms with Crippen molar-refractivity contribution in [3.8, 4) is 11.8 Å². The van der Waals surface area contributed by atoms with Gasteiger partial charge >= 0.3 is 0 Å². The minimum Gasteiger partial charge on any atom is -0.338 e. The van der Waals surface area contributed by atoms with Crippen molar-refractivity contribution in [1.82, 2.24) is 9.97 Å². The zero-order chi connectivity index (χ0) is 8.97. The molecule has 0 saturated heterocycles. The summed E-state index contributed by atoms with van der Waals surface area (Å²) in [6, 6.07) is 0. The number of hydrogen-bond donors (Lipinski definition) is 2. The highest BCUT2D eigenvalue weighted by molar-refractivity contribution is 7.71. The summed E-state index contributed by atoms with van der Waals surface area (Å²) in [6.45, 7) is 1.74. The van der Waals surface area contributed by atoms with Crippen LogP contribution in [0.4, 0.5) is 0 Å². The van der Waals surface area contributed by atoms with Gasteiger partial charge in [0.15, 0.2) is 4.77 Å². The molecule has 0 fully saturated rings. The van der Waals surface area contributed by atoms with E-state index in [2.05, 4.69) is 21.8 Å². The topological polar surface area (TPSA) is 48.6 Å². The maximum Gasteiger partial charge on any atom is 0.255 e. The van der Waals surface area contributed by atoms with Gasteiger partial charge in [-0.3, -0.25) is 9.78 Å². The lowest BCUT2D eigenvalue weighted by atomic mass is 10.2. The smallest absolute Gasteiger partial charge is 0.255 e. The molecule has 2 N–H and O–H groups in total. The van der Waals surface area contributed by atoms with E-state index < -0.39 is 0 Å². The third-order valence-corrected chi connectivity index (χ3v) is 1.57. The maximum atomic E-state index is 11.1. The Morgan fingerprint density at radius 2 is 2.42 bits per heavy atom. The van der Waals surface area contributed by atoms with E-state index in [1.54, 1.807) is 13.1 Å². The van der Waals surface area contributed by atoms with Crippen molar-refractivity contribution in [2.75, 3.05) is 0 Å². The fraction of sp³-hybridized carbons (Fsp3) is 0.250. The second kappa shape index (κ2) is 3.88. The van der Waals surface area contributed by atoms with Gasteiger partial charge in [0.2, 0.25) is 0 Å². The zero-order valence-electron chi connectivity index (χ0n) is 6.60. The Hall–Kier alpha value is -1.34. The van der Waals surface area contributed by atoms with Gasteiger partial charge in [0, 0.05) is 18.2 Å². The highest BCUT2D eigenvalue weighted by atomic mass is 32.1. The quantitative estimate of drug-likeness (QED) is 0.500. The Morgan fingerprint density at radius 3 is 3.00 bits per heavy atom. The van der Waals surface area contributed by atoms with Crippen LogP contribution in [0.15, 0.2) is 11.0 Å². The fourth-order valence-corrected chi connectivity index (χ4v) is 0.904. The molecule has 0 radical (unpaired) electrons. The molecule has 0 aromatic carbocycles. The van der Waals surface area contributed by atoms with Gasteiger partial charge in [-0.15, -0.1) is 5.92 Å². The summed E-state index contributed by atoms with van der Waals surface area (Å²) in [7, 11) is 0. The van der Waals surface area contributed by atoms with Crippen molar-refractivity contribution in [2.24, 2.45) is 0 Å². The molecule has 0 amide bonds. The van der Waals surface area contributed by atoms with Crippen LogP contribution in [0.5, 0.6) is 0 Å². The summed E-state index contributed by atoms with van der Waals surface area (Å²) in [4.78, 5) is 16.4. The molecule has 0 unspecified atom stereocenters. The molecular weight excluding hydrogens is 172 g/mol. The number of H-pyrrole nitrogens is 2. The van der Waals surface area contributed by atoms with Crippen LogP contribution < -0.4 is 5.56 Å². The molecule has 3 nitrogen and oxygen atoms in total. The van der Waals surface area contributed by atoms with Gasteiger partial charge in [-0.1, -0.05) is 5.92 Å². The molecule has 0 bridgehead atoms. The first-order chi connectivity index (χ1) is 5.74. The minimum absolute atomic E-state index is 0.165. The van der Waals surface area contributed by atoms with Gasteiger partial charge in [0.05, 0.1) is 0 Å². The van der Waals surface area contributed by atoms with Crippen molar-refractivity contribution in [1.29, 1.82) is 0 Å². The highest BCUT2D eigenvalue weighted by Gasteiger charge is 1.94. The number of aromatic nitrogens is 2. The number of nitrogens with one attached hydrogen (secondary N) is 2. The Balaban J connectivity index is 3.08. The van der Waals surface area contributed by atoms with Gasteiger partial charge in [0.25, 0.3) is 5.56 Å². The molecule has 1 heterocycles. The molecule has 1 aromatic heterocycles. The Morgan fingerprint density at radius 1 is 1.67 bits per heavy atom. The van der Waals surface area contributed by atoms with Crippen LogP contribution in [-0.2, 0) is 6.42 Å². The van der Waals surface area contributed by atoms with E-state index in [-0.39, 0.29) is 5.56 Å². The van der Waals surface area contributed by atoms with Crippen LogP contribution in [0.2, 0.25) is 0 Å². The monoisotopic (exact) mass is 180 g/mol. The molecule has 0 aliphatic heterocycles. The van der Waals surface area contributed by atoms with Crippen molar-refractivity contribution in [3.63, 3.8) is 0 Å². The van der Waals surface area contributed by atoms with E-state index in [9.17, 15) is 4.79 Å². The molecule has 0 saturated carbocycles. The molecular formula is C8H8N2OS. The minimum atomic E-state index is -0.165. The van der Waals surface area contributed by atoms with Gasteiger partial charge < -0.3 is 4.98 Å². The number of hydrogen-bond acceptors (Lipinski definition) is 2. The van der Waals surface area contributed by atoms with Crippen LogP contribution >= 0.6 is 12.2 Å². The van der Waals surface area contributed by atoms with Gasteiger partial charge in [-0.25, -0.2) is 0 Å². The molecule has 62 valence electrons. The molecule has 0 aliphatic rings. The van der Waals surface area contributed by atoms with E-state index in [0.29, 0.717) is 16.8 Å². The Bertz CT molecular complexity index is 433. The molecule has 1 aromatic rings. The van der Waals surface area contributed by atoms with E-state index in [4.69, 9.17) is 12.2 Å². The summed E-state index contributed by atoms with van der Waals surface area (Å²) >= 11 is 4.72. The lowest BCUT2D eigenvalue weighted by Crippen LogP contribution is -2.12. The van der Waals surface area contributed by atoms with Crippen LogP contribution in [0, 0.1) is 16.6 Å². The fourth-order valence-electron chi connectivity index (χ4n) is 0.753. The molecule has 0 spiro atoms. The third kappa shape index (κ3) is 2.07. The molecule has 0 atom stereocenters. The zero-order valence-corrected chi connectivity index (χ0v) is 7.42. The predicted octanol–water partition coefficient (Wildman–Crippen LogP) is 0.998. The predicted molar refractivity (Wildman–Crippen MR) is 49.4 cm³/mol. The highest BCUT2D eigenvalue weighted by Crippen LogP contribution is 1.86. The van der Waals surface area contributed by atoms with Crippen LogP contribution in [0.25, 0.3) is 0 Å². The first kappa shape index (κ1) is 8.75. The average molecular weight is 180 g/mol. The summed E-state index contributed by atoms with van der Waals surface area (Å²) in [6.07, 6.45) is 2.05. The number of aromatic amines is 2. The summed E-state index contributed by atoms with van der Waals surface area (Å²) in [5.41, 5.74) is 0.444. The van der Waals surface area contributed by atoms with Crippen molar-refractivity contribution >= 4 is 12.2 Å². The van der Waals surface area contributed by atoms with E-state index >= 15 is 0 Å². The maximum absolute atomic E-state index is 11.1. The average Bonchev–Trinajstić information content (AvgIpc) is 2.03. The summed E-state index contributed by atoms with van der Waals surface area (Å²) in [5.74, 6) is 5.52. The first-order valence-electron chi connectivity index (χ1n) is 3.44. The largest absolute Gasteiger partial charge is 0.338 e. The van der Waals surface area contributed by atoms with Crippen LogP contribution in [0.3, 0.4) is 0 Å². The van der Waals surface area contributed by atoms with E-state index in [1.807, 2.05) is 0 Å². The lowest BCUT2D eigenvalue weighted by molar-refractivity contribution is 1.03. The third-order valence-electron chi connectivity index (χ3n) is 1.35. The normalized spacial score (nSPS) is 8.75. The lowest BCUT2D eigenvalue weighted by Gasteiger charge is -1.91. The number of rotatable bonds is 1. The van der Waals surface area contributed by atoms with E-state index in [1.165, 1.54) is 0 Å². The summed E-state index contributed by atoms with van der Waals surface area (Å²) in [5, 5.41) is 0. The summed E-state index contributed by atoms with van der Waals surface area (Å²) < 4.78 is 0.341. The second-order valence-corrected chi connectivity index (χ2v) is 2.61. The van der Waals surface area contributed by atoms with Crippen molar-refractivity contribution in [3.05, 3.63) is 26.9 Å². The molecule has 4 heteroatoms. The van der Waals surface area contributed by atoms with Gasteiger partial charge in [-0.2, -0.15) is 0 Å². The van der Waals surface area contributed by atoms with Gasteiger partial charge in [-0.05, 0) is 19.1 Å². The standard InChI is InChI=1S/C8H8N2OS/c1-2-3-4-6-5-9-8(12)10-7(6)11/h5H,4H2,1H3,(H2,9,10,11,12). The molecule has 1 rings (SSSR count). The van der Waals surface area contributed by atoms with Crippen LogP contribution in [-0.4, -0.2) is 9.97 Å². The molecule has 0 aliphatic carbocycles. The van der Waals surface area contributed by atoms with Gasteiger partial charge in [0.1, 0.15) is 0 Å². The second-order valence-electron chi connectivity index (χ2n) is 2.20. The van der Waals surface area contributed by atoms with Crippen LogP contribution in [0.1, 0.15) is 12.5 Å². The van der Waals surface area contributed by atoms with E-state index in [0.717, 1.165) is 0 Å². The SMILES string of the molecule is CC#CCc1c[nH]c(=S)[nH]c1=O. The Labute approximate surface area is 74.8 Å². The van der Waals surface area contributed by atoms with Crippen molar-refractivity contribution < 1.29 is 0 Å². The first-order valence-corrected chi connectivity index (χ1v) is 3.85. The molecule has 12 heavy (non-hydrogen) atoms. The van der Waals surface area contributed by atoms with Crippen molar-refractivity contribution in [2.45, 2.75) is 13.3 Å². The Kier molecular flexibility index (Phi) is 2.83.